The topological polar surface area (TPSA) is 62.3 Å². The van der Waals surface area contributed by atoms with Gasteiger partial charge in [0, 0.05) is 12.7 Å². The minimum atomic E-state index is -0.339. The summed E-state index contributed by atoms with van der Waals surface area (Å²) in [5, 5.41) is 4.25. The summed E-state index contributed by atoms with van der Waals surface area (Å²) < 4.78 is 12.7. The first kappa shape index (κ1) is 13.4. The lowest BCUT2D eigenvalue weighted by molar-refractivity contribution is 0.381. The van der Waals surface area contributed by atoms with E-state index in [0.717, 1.165) is 29.3 Å². The van der Waals surface area contributed by atoms with Gasteiger partial charge in [0.15, 0.2) is 0 Å². The molecule has 5 heteroatoms. The second kappa shape index (κ2) is 5.75. The average molecular weight is 261 g/mol. The van der Waals surface area contributed by atoms with Crippen molar-refractivity contribution < 1.29 is 9.47 Å². The van der Waals surface area contributed by atoms with Crippen LogP contribution in [0.15, 0.2) is 30.5 Å². The van der Waals surface area contributed by atoms with Gasteiger partial charge in [-0.3, -0.25) is 4.68 Å². The van der Waals surface area contributed by atoms with Gasteiger partial charge in [-0.2, -0.15) is 5.10 Å². The molecule has 0 fully saturated rings. The van der Waals surface area contributed by atoms with Crippen LogP contribution in [0.2, 0.25) is 0 Å². The monoisotopic (exact) mass is 261 g/mol. The molecule has 1 atom stereocenters. The Hall–Kier alpha value is -2.01. The van der Waals surface area contributed by atoms with Crippen molar-refractivity contribution in [2.45, 2.75) is 19.5 Å². The molecule has 1 aromatic carbocycles. The molecular formula is C14H19N3O2. The number of hydrogen-bond acceptors (Lipinski definition) is 4. The Morgan fingerprint density at radius 3 is 2.37 bits per heavy atom. The Morgan fingerprint density at radius 1 is 1.21 bits per heavy atom. The van der Waals surface area contributed by atoms with Crippen LogP contribution in [-0.2, 0) is 6.54 Å². The minimum Gasteiger partial charge on any atom is -0.496 e. The Balaban J connectivity index is 2.51. The summed E-state index contributed by atoms with van der Waals surface area (Å²) in [5.74, 6) is 1.44. The van der Waals surface area contributed by atoms with Gasteiger partial charge in [-0.25, -0.2) is 0 Å². The van der Waals surface area contributed by atoms with Gasteiger partial charge in [0.1, 0.15) is 11.5 Å². The third kappa shape index (κ3) is 2.42. The Labute approximate surface area is 112 Å². The number of methoxy groups -OCH3 is 2. The van der Waals surface area contributed by atoms with E-state index in [0.29, 0.717) is 0 Å². The summed E-state index contributed by atoms with van der Waals surface area (Å²) in [6, 6.07) is 7.22. The van der Waals surface area contributed by atoms with Crippen molar-refractivity contribution in [3.8, 4) is 11.5 Å². The quantitative estimate of drug-likeness (QED) is 0.893. The maximum atomic E-state index is 6.37. The highest BCUT2D eigenvalue weighted by atomic mass is 16.5. The second-order valence-electron chi connectivity index (χ2n) is 4.13. The molecule has 19 heavy (non-hydrogen) atoms. The normalized spacial score (nSPS) is 12.2. The second-order valence-corrected chi connectivity index (χ2v) is 4.13. The average Bonchev–Trinajstić information content (AvgIpc) is 2.93. The zero-order chi connectivity index (χ0) is 13.8. The molecule has 102 valence electrons. The van der Waals surface area contributed by atoms with E-state index in [1.165, 1.54) is 0 Å². The van der Waals surface area contributed by atoms with Crippen LogP contribution in [0.25, 0.3) is 0 Å². The zero-order valence-electron chi connectivity index (χ0n) is 11.5. The molecule has 0 aliphatic carbocycles. The molecule has 1 heterocycles. The van der Waals surface area contributed by atoms with E-state index in [-0.39, 0.29) is 6.04 Å². The van der Waals surface area contributed by atoms with Crippen molar-refractivity contribution in [3.63, 3.8) is 0 Å². The largest absolute Gasteiger partial charge is 0.496 e. The number of rotatable bonds is 5. The van der Waals surface area contributed by atoms with Gasteiger partial charge in [0.2, 0.25) is 0 Å². The smallest absolute Gasteiger partial charge is 0.127 e. The van der Waals surface area contributed by atoms with Crippen LogP contribution in [0.4, 0.5) is 0 Å². The highest BCUT2D eigenvalue weighted by molar-refractivity contribution is 5.49. The maximum absolute atomic E-state index is 6.37. The fraction of sp³-hybridized carbons (Fsp3) is 0.357. The molecule has 1 aromatic heterocycles. The zero-order valence-corrected chi connectivity index (χ0v) is 11.5. The summed E-state index contributed by atoms with van der Waals surface area (Å²) in [6.45, 7) is 2.80. The van der Waals surface area contributed by atoms with Crippen LogP contribution in [-0.4, -0.2) is 24.0 Å². The molecule has 0 bridgehead atoms. The summed E-state index contributed by atoms with van der Waals surface area (Å²) in [7, 11) is 3.25. The van der Waals surface area contributed by atoms with E-state index in [2.05, 4.69) is 5.10 Å². The number of benzene rings is 1. The number of nitrogens with zero attached hydrogens (tertiary/aromatic N) is 2. The van der Waals surface area contributed by atoms with E-state index in [4.69, 9.17) is 15.2 Å². The van der Waals surface area contributed by atoms with Crippen molar-refractivity contribution >= 4 is 0 Å². The maximum Gasteiger partial charge on any atom is 0.127 e. The first-order valence-electron chi connectivity index (χ1n) is 6.21. The van der Waals surface area contributed by atoms with Crippen LogP contribution < -0.4 is 15.2 Å². The van der Waals surface area contributed by atoms with Gasteiger partial charge >= 0.3 is 0 Å². The number of ether oxygens (including phenoxy) is 2. The molecule has 2 aromatic rings. The predicted molar refractivity (Wildman–Crippen MR) is 73.5 cm³/mol. The molecule has 1 unspecified atom stereocenters. The van der Waals surface area contributed by atoms with Gasteiger partial charge in [0.25, 0.3) is 0 Å². The molecule has 0 spiro atoms. The molecule has 2 rings (SSSR count). The third-order valence-corrected chi connectivity index (χ3v) is 3.14. The Kier molecular flexibility index (Phi) is 4.06. The van der Waals surface area contributed by atoms with Gasteiger partial charge in [-0.05, 0) is 25.1 Å². The third-order valence-electron chi connectivity index (χ3n) is 3.14. The van der Waals surface area contributed by atoms with Crippen molar-refractivity contribution in [1.29, 1.82) is 0 Å². The molecule has 0 saturated heterocycles. The summed E-state index contributed by atoms with van der Waals surface area (Å²) >= 11 is 0. The Bertz CT molecular complexity index is 529. The van der Waals surface area contributed by atoms with E-state index >= 15 is 0 Å². The van der Waals surface area contributed by atoms with Crippen LogP contribution in [0.5, 0.6) is 11.5 Å². The number of aromatic nitrogens is 2. The van der Waals surface area contributed by atoms with Gasteiger partial charge in [-0.1, -0.05) is 6.07 Å². The van der Waals surface area contributed by atoms with E-state index in [1.807, 2.05) is 35.9 Å². The highest BCUT2D eigenvalue weighted by Crippen LogP contribution is 2.35. The van der Waals surface area contributed by atoms with Crippen molar-refractivity contribution in [2.75, 3.05) is 14.2 Å². The van der Waals surface area contributed by atoms with Gasteiger partial charge in [-0.15, -0.1) is 0 Å². The lowest BCUT2D eigenvalue weighted by atomic mass is 10.0. The molecule has 2 N–H and O–H groups in total. The number of nitrogens with two attached hydrogens (primary N) is 1. The molecule has 0 saturated carbocycles. The molecule has 5 nitrogen and oxygen atoms in total. The minimum absolute atomic E-state index is 0.339. The fourth-order valence-corrected chi connectivity index (χ4v) is 2.21. The summed E-state index contributed by atoms with van der Waals surface area (Å²) in [4.78, 5) is 0. The molecule has 0 aliphatic heterocycles. The highest BCUT2D eigenvalue weighted by Gasteiger charge is 2.21. The van der Waals surface area contributed by atoms with Crippen molar-refractivity contribution in [2.24, 2.45) is 5.73 Å². The Morgan fingerprint density at radius 2 is 1.84 bits per heavy atom. The SMILES string of the molecule is CCn1nccc1C(N)c1c(OC)cccc1OC. The predicted octanol–water partition coefficient (Wildman–Crippen LogP) is 1.97. The fourth-order valence-electron chi connectivity index (χ4n) is 2.21. The van der Waals surface area contributed by atoms with Crippen molar-refractivity contribution in [3.05, 3.63) is 41.7 Å². The molecule has 0 amide bonds. The van der Waals surface area contributed by atoms with Crippen LogP contribution in [0.3, 0.4) is 0 Å². The van der Waals surface area contributed by atoms with Crippen LogP contribution >= 0.6 is 0 Å². The molecule has 0 aliphatic rings. The van der Waals surface area contributed by atoms with Crippen LogP contribution in [0.1, 0.15) is 24.2 Å². The first-order valence-corrected chi connectivity index (χ1v) is 6.21. The van der Waals surface area contributed by atoms with Gasteiger partial charge in [0.05, 0.1) is 31.5 Å². The molecule has 0 radical (unpaired) electrons. The summed E-state index contributed by atoms with van der Waals surface area (Å²) in [6.07, 6.45) is 1.75. The number of aryl methyl sites for hydroxylation is 1. The number of hydrogen-bond donors (Lipinski definition) is 1. The van der Waals surface area contributed by atoms with E-state index < -0.39 is 0 Å². The lowest BCUT2D eigenvalue weighted by Gasteiger charge is -2.19. The summed E-state index contributed by atoms with van der Waals surface area (Å²) in [5.41, 5.74) is 8.14. The first-order chi connectivity index (χ1) is 9.22. The van der Waals surface area contributed by atoms with E-state index in [1.54, 1.807) is 20.4 Å². The standard InChI is InChI=1S/C14H19N3O2/c1-4-17-10(8-9-16-17)14(15)13-11(18-2)6-5-7-12(13)19-3/h5-9,14H,4,15H2,1-3H3. The van der Waals surface area contributed by atoms with E-state index in [9.17, 15) is 0 Å². The van der Waals surface area contributed by atoms with Crippen LogP contribution in [0, 0.1) is 0 Å². The van der Waals surface area contributed by atoms with Gasteiger partial charge < -0.3 is 15.2 Å². The lowest BCUT2D eigenvalue weighted by Crippen LogP contribution is -2.18. The molecular weight excluding hydrogens is 242 g/mol. The van der Waals surface area contributed by atoms with Crippen molar-refractivity contribution in [1.82, 2.24) is 9.78 Å².